The van der Waals surface area contributed by atoms with E-state index in [2.05, 4.69) is 205 Å². The number of furan rings is 1. The summed E-state index contributed by atoms with van der Waals surface area (Å²) in [7, 11) is 0. The van der Waals surface area contributed by atoms with E-state index < -0.39 is 5.41 Å². The van der Waals surface area contributed by atoms with Crippen LogP contribution in [0.5, 0.6) is 0 Å². The Kier molecular flexibility index (Phi) is 6.80. The van der Waals surface area contributed by atoms with E-state index in [0.717, 1.165) is 45.4 Å². The van der Waals surface area contributed by atoms with Crippen molar-refractivity contribution in [2.24, 2.45) is 5.92 Å². The smallest absolute Gasteiger partial charge is 0.137 e. The molecule has 0 radical (unpaired) electrons. The fraction of sp³-hybridized carbons (Fsp3) is 0.0526. The van der Waals surface area contributed by atoms with Gasteiger partial charge >= 0.3 is 0 Å². The van der Waals surface area contributed by atoms with Gasteiger partial charge in [-0.2, -0.15) is 0 Å². The molecule has 2 heteroatoms. The molecule has 1 unspecified atom stereocenters. The number of fused-ring (bicyclic) bond motifs is 15. The van der Waals surface area contributed by atoms with Crippen LogP contribution in [0.25, 0.3) is 60.5 Å². The highest BCUT2D eigenvalue weighted by molar-refractivity contribution is 6.07. The quantitative estimate of drug-likeness (QED) is 0.178. The second-order valence-corrected chi connectivity index (χ2v) is 16.3. The van der Waals surface area contributed by atoms with Gasteiger partial charge in [0.25, 0.3) is 0 Å². The largest absolute Gasteiger partial charge is 0.456 e. The summed E-state index contributed by atoms with van der Waals surface area (Å²) < 4.78 is 6.55. The van der Waals surface area contributed by atoms with E-state index >= 15 is 0 Å². The van der Waals surface area contributed by atoms with Crippen LogP contribution in [0.1, 0.15) is 34.2 Å². The summed E-state index contributed by atoms with van der Waals surface area (Å²) in [6.07, 6.45) is 14.7. The Morgan fingerprint density at radius 3 is 1.88 bits per heavy atom. The number of nitrogens with zero attached hydrogens (tertiary/aromatic N) is 1. The summed E-state index contributed by atoms with van der Waals surface area (Å²) >= 11 is 0. The first kappa shape index (κ1) is 32.6. The van der Waals surface area contributed by atoms with E-state index in [1.165, 1.54) is 72.0 Å². The zero-order valence-electron chi connectivity index (χ0n) is 32.3. The molecule has 8 aromatic carbocycles. The van der Waals surface area contributed by atoms with Crippen LogP contribution in [-0.4, -0.2) is 0 Å². The molecule has 2 nitrogen and oxygen atoms in total. The van der Waals surface area contributed by atoms with Crippen LogP contribution >= 0.6 is 0 Å². The van der Waals surface area contributed by atoms with Gasteiger partial charge in [-0.05, 0) is 121 Å². The molecule has 4 aliphatic carbocycles. The normalized spacial score (nSPS) is 16.4. The zero-order chi connectivity index (χ0) is 38.7. The summed E-state index contributed by atoms with van der Waals surface area (Å²) in [4.78, 5) is 2.44. The number of hydrogen-bond donors (Lipinski definition) is 0. The van der Waals surface area contributed by atoms with Gasteiger partial charge in [0.05, 0.1) is 5.41 Å². The molecule has 13 rings (SSSR count). The summed E-state index contributed by atoms with van der Waals surface area (Å²) in [5.74, 6) is 0.432. The van der Waals surface area contributed by atoms with Crippen molar-refractivity contribution in [1.82, 2.24) is 0 Å². The zero-order valence-corrected chi connectivity index (χ0v) is 32.3. The first-order valence-electron chi connectivity index (χ1n) is 20.7. The maximum absolute atomic E-state index is 6.55. The third-order valence-electron chi connectivity index (χ3n) is 13.4. The fourth-order valence-corrected chi connectivity index (χ4v) is 10.8. The Morgan fingerprint density at radius 1 is 0.475 bits per heavy atom. The van der Waals surface area contributed by atoms with Crippen LogP contribution in [-0.2, 0) is 5.41 Å². The van der Waals surface area contributed by atoms with Crippen LogP contribution in [0.4, 0.5) is 17.1 Å². The van der Waals surface area contributed by atoms with Crippen LogP contribution in [0.3, 0.4) is 0 Å². The lowest BCUT2D eigenvalue weighted by molar-refractivity contribution is 0.669. The Labute approximate surface area is 343 Å². The van der Waals surface area contributed by atoms with Crippen molar-refractivity contribution in [3.63, 3.8) is 0 Å². The molecule has 0 N–H and O–H groups in total. The second kappa shape index (κ2) is 12.3. The van der Waals surface area contributed by atoms with Gasteiger partial charge in [-0.1, -0.05) is 158 Å². The topological polar surface area (TPSA) is 16.4 Å². The predicted octanol–water partition coefficient (Wildman–Crippen LogP) is 15.0. The highest BCUT2D eigenvalue weighted by Gasteiger charge is 2.51. The van der Waals surface area contributed by atoms with E-state index in [1.807, 2.05) is 6.07 Å². The van der Waals surface area contributed by atoms with E-state index in [-0.39, 0.29) is 0 Å². The molecule has 0 bridgehead atoms. The number of para-hydroxylation sites is 1. The second-order valence-electron chi connectivity index (χ2n) is 16.3. The van der Waals surface area contributed by atoms with Crippen molar-refractivity contribution in [3.8, 4) is 22.3 Å². The molecule has 59 heavy (non-hydrogen) atoms. The molecular formula is C57H37NO. The molecule has 1 atom stereocenters. The van der Waals surface area contributed by atoms with Gasteiger partial charge < -0.3 is 9.32 Å². The van der Waals surface area contributed by atoms with Gasteiger partial charge in [-0.3, -0.25) is 0 Å². The molecular weight excluding hydrogens is 715 g/mol. The molecule has 0 saturated heterocycles. The summed E-state index contributed by atoms with van der Waals surface area (Å²) in [6, 6.07) is 63.0. The van der Waals surface area contributed by atoms with Gasteiger partial charge in [0.15, 0.2) is 0 Å². The van der Waals surface area contributed by atoms with Crippen molar-refractivity contribution in [2.45, 2.75) is 11.8 Å². The van der Waals surface area contributed by atoms with Crippen LogP contribution < -0.4 is 4.90 Å². The highest BCUT2D eigenvalue weighted by atomic mass is 16.3. The Bertz CT molecular complexity index is 3340. The van der Waals surface area contributed by atoms with Crippen molar-refractivity contribution in [3.05, 3.63) is 240 Å². The van der Waals surface area contributed by atoms with E-state index in [9.17, 15) is 0 Å². The molecule has 0 saturated carbocycles. The standard InChI is InChI=1S/C57H37NO/c1-2-14-37-31-39(26-25-36(37)13-1)49-34-42(32-38-15-3-4-16-43(38)49)58(41-27-29-48-47-20-8-12-24-55(47)59-56(48)35-41)40-28-30-54-50(33-40)46-19-7-11-23-53(46)57(54)51-21-9-5-17-44(51)45-18-6-10-22-52(45)57/h1-24,26-36H,25H2. The first-order valence-corrected chi connectivity index (χ1v) is 20.7. The average Bonchev–Trinajstić information content (AvgIpc) is 3.92. The lowest BCUT2D eigenvalue weighted by Gasteiger charge is -2.31. The molecule has 276 valence electrons. The lowest BCUT2D eigenvalue weighted by atomic mass is 9.70. The van der Waals surface area contributed by atoms with E-state index in [4.69, 9.17) is 4.42 Å². The third-order valence-corrected chi connectivity index (χ3v) is 13.4. The van der Waals surface area contributed by atoms with Gasteiger partial charge in [0.2, 0.25) is 0 Å². The molecule has 1 spiro atoms. The maximum Gasteiger partial charge on any atom is 0.137 e. The minimum atomic E-state index is -0.395. The molecule has 4 aliphatic rings. The third kappa shape index (κ3) is 4.57. The van der Waals surface area contributed by atoms with Crippen molar-refractivity contribution in [2.75, 3.05) is 4.90 Å². The summed E-state index contributed by atoms with van der Waals surface area (Å²) in [5.41, 5.74) is 19.1. The lowest BCUT2D eigenvalue weighted by Crippen LogP contribution is -2.25. The number of benzene rings is 8. The van der Waals surface area contributed by atoms with Gasteiger partial charge in [-0.25, -0.2) is 0 Å². The van der Waals surface area contributed by atoms with Gasteiger partial charge in [0, 0.05) is 39.8 Å². The maximum atomic E-state index is 6.55. The highest BCUT2D eigenvalue weighted by Crippen LogP contribution is 2.63. The van der Waals surface area contributed by atoms with E-state index in [0.29, 0.717) is 5.92 Å². The van der Waals surface area contributed by atoms with Gasteiger partial charge in [-0.15, -0.1) is 0 Å². The SMILES string of the molecule is C1=CC2=CC(c3cc(N(c4ccc5c(c4)-c4ccccc4C54c5ccccc5-c5ccccc54)c4ccc5c(c4)oc4ccccc45)cc4ccccc34)=CCC2C=C1. The molecule has 1 aromatic heterocycles. The minimum absolute atomic E-state index is 0.395. The van der Waals surface area contributed by atoms with Crippen molar-refractivity contribution in [1.29, 1.82) is 0 Å². The molecule has 1 heterocycles. The number of anilines is 3. The van der Waals surface area contributed by atoms with Crippen molar-refractivity contribution < 1.29 is 4.42 Å². The Balaban J connectivity index is 1.06. The molecule has 0 fully saturated rings. The average molecular weight is 752 g/mol. The monoisotopic (exact) mass is 751 g/mol. The number of hydrogen-bond acceptors (Lipinski definition) is 2. The van der Waals surface area contributed by atoms with Crippen LogP contribution in [0, 0.1) is 5.92 Å². The minimum Gasteiger partial charge on any atom is -0.456 e. The van der Waals surface area contributed by atoms with Crippen LogP contribution in [0.2, 0.25) is 0 Å². The summed E-state index contributed by atoms with van der Waals surface area (Å²) in [5, 5.41) is 4.71. The first-order chi connectivity index (χ1) is 29.2. The Morgan fingerprint density at radius 2 is 1.08 bits per heavy atom. The number of allylic oxidation sites excluding steroid dienone is 8. The predicted molar refractivity (Wildman–Crippen MR) is 245 cm³/mol. The molecule has 9 aromatic rings. The Hall–Kier alpha value is -7.42. The van der Waals surface area contributed by atoms with Crippen molar-refractivity contribution >= 4 is 55.3 Å². The number of rotatable bonds is 4. The van der Waals surface area contributed by atoms with E-state index in [1.54, 1.807) is 0 Å². The summed E-state index contributed by atoms with van der Waals surface area (Å²) in [6.45, 7) is 0. The van der Waals surface area contributed by atoms with Gasteiger partial charge in [0.1, 0.15) is 11.2 Å². The van der Waals surface area contributed by atoms with Crippen LogP contribution in [0.15, 0.2) is 216 Å². The molecule has 0 aliphatic heterocycles. The fourth-order valence-electron chi connectivity index (χ4n) is 10.8. The molecule has 0 amide bonds.